The van der Waals surface area contributed by atoms with E-state index in [0.717, 1.165) is 18.4 Å². The number of hydrogen-bond donors (Lipinski definition) is 1. The van der Waals surface area contributed by atoms with Crippen molar-refractivity contribution in [2.75, 3.05) is 6.61 Å². The molecular weight excluding hydrogens is 285 g/mol. The highest BCUT2D eigenvalue weighted by Gasteiger charge is 2.29. The van der Waals surface area contributed by atoms with Crippen LogP contribution in [0.5, 0.6) is 5.75 Å². The molecule has 1 fully saturated rings. The van der Waals surface area contributed by atoms with E-state index in [-0.39, 0.29) is 18.2 Å². The Morgan fingerprint density at radius 2 is 2.11 bits per heavy atom. The Morgan fingerprint density at radius 1 is 1.37 bits per heavy atom. The quantitative estimate of drug-likeness (QED) is 0.915. The van der Waals surface area contributed by atoms with E-state index < -0.39 is 0 Å². The molecule has 1 aliphatic heterocycles. The molecular formula is C14H19Cl2NO2. The summed E-state index contributed by atoms with van der Waals surface area (Å²) >= 11 is 12.5. The summed E-state index contributed by atoms with van der Waals surface area (Å²) in [4.78, 5) is 0. The molecule has 2 N–H and O–H groups in total. The number of halogens is 2. The monoisotopic (exact) mass is 303 g/mol. The van der Waals surface area contributed by atoms with Crippen molar-refractivity contribution in [3.63, 3.8) is 0 Å². The third-order valence-corrected chi connectivity index (χ3v) is 4.00. The van der Waals surface area contributed by atoms with E-state index in [1.807, 2.05) is 6.92 Å². The van der Waals surface area contributed by atoms with Gasteiger partial charge in [-0.05, 0) is 38.3 Å². The van der Waals surface area contributed by atoms with Gasteiger partial charge in [-0.3, -0.25) is 0 Å². The molecule has 0 aliphatic carbocycles. The average molecular weight is 304 g/mol. The summed E-state index contributed by atoms with van der Waals surface area (Å²) in [6.07, 6.45) is 2.24. The van der Waals surface area contributed by atoms with Crippen LogP contribution < -0.4 is 10.5 Å². The summed E-state index contributed by atoms with van der Waals surface area (Å²) < 4.78 is 11.2. The van der Waals surface area contributed by atoms with Crippen molar-refractivity contribution >= 4 is 23.2 Å². The van der Waals surface area contributed by atoms with Crippen LogP contribution in [0.15, 0.2) is 12.1 Å². The summed E-state index contributed by atoms with van der Waals surface area (Å²) in [7, 11) is 0. The van der Waals surface area contributed by atoms with E-state index in [4.69, 9.17) is 38.4 Å². The Hall–Kier alpha value is -0.480. The molecule has 0 bridgehead atoms. The lowest BCUT2D eigenvalue weighted by atomic mass is 10.00. The second kappa shape index (κ2) is 6.31. The largest absolute Gasteiger partial charge is 0.492 e. The minimum Gasteiger partial charge on any atom is -0.492 e. The van der Waals surface area contributed by atoms with Gasteiger partial charge in [0.25, 0.3) is 0 Å². The van der Waals surface area contributed by atoms with Crippen molar-refractivity contribution in [3.8, 4) is 5.75 Å². The van der Waals surface area contributed by atoms with Crippen LogP contribution >= 0.6 is 23.2 Å². The molecule has 3 atom stereocenters. The minimum absolute atomic E-state index is 0.00140. The van der Waals surface area contributed by atoms with Gasteiger partial charge in [-0.2, -0.15) is 0 Å². The highest BCUT2D eigenvalue weighted by atomic mass is 35.5. The predicted octanol–water partition coefficient (Wildman–Crippen LogP) is 3.96. The molecule has 19 heavy (non-hydrogen) atoms. The van der Waals surface area contributed by atoms with Gasteiger partial charge in [-0.25, -0.2) is 0 Å². The minimum atomic E-state index is -0.259. The lowest BCUT2D eigenvalue weighted by molar-refractivity contribution is 0.0401. The third kappa shape index (κ3) is 3.34. The van der Waals surface area contributed by atoms with Crippen molar-refractivity contribution in [2.45, 2.75) is 44.9 Å². The fourth-order valence-electron chi connectivity index (χ4n) is 2.36. The zero-order chi connectivity index (χ0) is 14.0. The maximum absolute atomic E-state index is 6.27. The molecule has 3 nitrogen and oxygen atoms in total. The lowest BCUT2D eigenvalue weighted by Gasteiger charge is -2.21. The molecule has 0 amide bonds. The fraction of sp³-hybridized carbons (Fsp3) is 0.571. The Labute approximate surface area is 124 Å². The number of ether oxygens (including phenoxy) is 2. The van der Waals surface area contributed by atoms with Crippen molar-refractivity contribution in [1.82, 2.24) is 0 Å². The van der Waals surface area contributed by atoms with Crippen LogP contribution in [0.1, 0.15) is 38.3 Å². The first kappa shape index (κ1) is 14.9. The van der Waals surface area contributed by atoms with Gasteiger partial charge in [0.1, 0.15) is 5.75 Å². The summed E-state index contributed by atoms with van der Waals surface area (Å²) in [5.41, 5.74) is 7.06. The molecule has 2 rings (SSSR count). The van der Waals surface area contributed by atoms with E-state index >= 15 is 0 Å². The van der Waals surface area contributed by atoms with E-state index in [9.17, 15) is 0 Å². The molecule has 0 spiro atoms. The zero-order valence-corrected chi connectivity index (χ0v) is 12.7. The SMILES string of the molecule is CCOc1cc(Cl)c(C(N)C2CCC(C)O2)cc1Cl. The van der Waals surface area contributed by atoms with Crippen LogP contribution in [0.2, 0.25) is 10.0 Å². The molecule has 1 heterocycles. The van der Waals surface area contributed by atoms with E-state index in [1.165, 1.54) is 0 Å². The van der Waals surface area contributed by atoms with Gasteiger partial charge < -0.3 is 15.2 Å². The molecule has 5 heteroatoms. The van der Waals surface area contributed by atoms with Crippen molar-refractivity contribution < 1.29 is 9.47 Å². The summed E-state index contributed by atoms with van der Waals surface area (Å²) in [5.74, 6) is 0.589. The van der Waals surface area contributed by atoms with Gasteiger partial charge in [0.05, 0.1) is 29.9 Å². The van der Waals surface area contributed by atoms with E-state index in [2.05, 4.69) is 6.92 Å². The first-order chi connectivity index (χ1) is 9.02. The normalized spacial score (nSPS) is 24.5. The first-order valence-electron chi connectivity index (χ1n) is 6.55. The molecule has 0 aromatic heterocycles. The standard InChI is InChI=1S/C14H19Cl2NO2/c1-3-18-13-7-10(15)9(6-11(13)16)14(17)12-5-4-8(2)19-12/h6-8,12,14H,3-5,17H2,1-2H3. The molecule has 1 aromatic carbocycles. The van der Waals surface area contributed by atoms with Gasteiger partial charge in [0, 0.05) is 11.1 Å². The summed E-state index contributed by atoms with van der Waals surface area (Å²) in [6.45, 7) is 4.50. The number of benzene rings is 1. The average Bonchev–Trinajstić information content (AvgIpc) is 2.79. The van der Waals surface area contributed by atoms with Crippen molar-refractivity contribution in [1.29, 1.82) is 0 Å². The van der Waals surface area contributed by atoms with Gasteiger partial charge in [0.15, 0.2) is 0 Å². The molecule has 3 unspecified atom stereocenters. The summed E-state index contributed by atoms with van der Waals surface area (Å²) in [5, 5.41) is 1.10. The Bertz CT molecular complexity index is 453. The number of rotatable bonds is 4. The fourth-order valence-corrected chi connectivity index (χ4v) is 2.87. The highest BCUT2D eigenvalue weighted by Crippen LogP contribution is 2.37. The molecule has 1 aromatic rings. The second-order valence-corrected chi connectivity index (χ2v) is 5.64. The van der Waals surface area contributed by atoms with Crippen LogP contribution in [0.4, 0.5) is 0 Å². The Morgan fingerprint density at radius 3 is 2.68 bits per heavy atom. The Balaban J connectivity index is 2.22. The predicted molar refractivity (Wildman–Crippen MR) is 78.1 cm³/mol. The zero-order valence-electron chi connectivity index (χ0n) is 11.2. The third-order valence-electron chi connectivity index (χ3n) is 3.38. The smallest absolute Gasteiger partial charge is 0.139 e. The van der Waals surface area contributed by atoms with Crippen molar-refractivity contribution in [2.24, 2.45) is 5.73 Å². The summed E-state index contributed by atoms with van der Waals surface area (Å²) in [6, 6.07) is 3.25. The van der Waals surface area contributed by atoms with Crippen LogP contribution in [0, 0.1) is 0 Å². The lowest BCUT2D eigenvalue weighted by Crippen LogP contribution is -2.26. The van der Waals surface area contributed by atoms with Crippen LogP contribution in [-0.2, 0) is 4.74 Å². The first-order valence-corrected chi connectivity index (χ1v) is 7.31. The second-order valence-electron chi connectivity index (χ2n) is 4.83. The topological polar surface area (TPSA) is 44.5 Å². The van der Waals surface area contributed by atoms with Crippen LogP contribution in [0.25, 0.3) is 0 Å². The maximum Gasteiger partial charge on any atom is 0.139 e. The molecule has 0 saturated carbocycles. The number of hydrogen-bond acceptors (Lipinski definition) is 3. The van der Waals surface area contributed by atoms with Gasteiger partial charge in [-0.15, -0.1) is 0 Å². The maximum atomic E-state index is 6.27. The van der Waals surface area contributed by atoms with Gasteiger partial charge >= 0.3 is 0 Å². The molecule has 0 radical (unpaired) electrons. The Kier molecular flexibility index (Phi) is 4.96. The van der Waals surface area contributed by atoms with Gasteiger partial charge in [0.2, 0.25) is 0 Å². The van der Waals surface area contributed by atoms with Crippen LogP contribution in [0.3, 0.4) is 0 Å². The van der Waals surface area contributed by atoms with Crippen LogP contribution in [-0.4, -0.2) is 18.8 Å². The molecule has 1 aliphatic rings. The van der Waals surface area contributed by atoms with Crippen molar-refractivity contribution in [3.05, 3.63) is 27.7 Å². The number of nitrogens with two attached hydrogens (primary N) is 1. The van der Waals surface area contributed by atoms with E-state index in [1.54, 1.807) is 12.1 Å². The molecule has 1 saturated heterocycles. The molecule has 106 valence electrons. The highest BCUT2D eigenvalue weighted by molar-refractivity contribution is 6.34. The van der Waals surface area contributed by atoms with Gasteiger partial charge in [-0.1, -0.05) is 23.2 Å². The van der Waals surface area contributed by atoms with E-state index in [0.29, 0.717) is 22.4 Å².